The molecule has 4 N–H and O–H groups in total. The highest BCUT2D eigenvalue weighted by Gasteiger charge is 2.22. The summed E-state index contributed by atoms with van der Waals surface area (Å²) in [6.07, 6.45) is 46.0. The Balaban J connectivity index is 3.77. The number of aliphatic hydroxyl groups excluding tert-OH is 3. The monoisotopic (exact) mass is 662 g/mol. The van der Waals surface area contributed by atoms with E-state index < -0.39 is 24.2 Å². The Morgan fingerprint density at radius 3 is 1.30 bits per heavy atom. The molecule has 5 nitrogen and oxygen atoms in total. The van der Waals surface area contributed by atoms with E-state index >= 15 is 0 Å². The highest BCUT2D eigenvalue weighted by molar-refractivity contribution is 5.80. The number of nitrogens with one attached hydrogen (secondary N) is 1. The zero-order valence-corrected chi connectivity index (χ0v) is 31.2. The molecule has 0 rings (SSSR count). The van der Waals surface area contributed by atoms with Gasteiger partial charge >= 0.3 is 0 Å². The van der Waals surface area contributed by atoms with Crippen LogP contribution in [0.5, 0.6) is 0 Å². The summed E-state index contributed by atoms with van der Waals surface area (Å²) in [5.41, 5.74) is 0. The molecule has 5 heteroatoms. The fourth-order valence-corrected chi connectivity index (χ4v) is 5.98. The largest absolute Gasteiger partial charge is 0.394 e. The van der Waals surface area contributed by atoms with E-state index in [4.69, 9.17) is 0 Å². The van der Waals surface area contributed by atoms with Crippen LogP contribution in [-0.4, -0.2) is 46.1 Å². The number of carbonyl (C=O) groups is 1. The molecule has 0 bridgehead atoms. The third-order valence-corrected chi connectivity index (χ3v) is 9.21. The molecule has 3 atom stereocenters. The normalized spacial score (nSPS) is 14.1. The standard InChI is InChI=1S/C42H79NO4/c1-3-5-7-9-11-13-15-17-18-19-20-21-22-23-24-25-27-28-30-32-34-36-40(45)39(38-44)43-42(47)41(46)37-35-33-31-29-26-16-14-12-10-8-6-4-2/h22-23,27-28,34,36,39-41,44-46H,3-21,24-26,29-33,35,37-38H2,1-2H3,(H,43,47)/b23-22+,28-27+,36-34+. The highest BCUT2D eigenvalue weighted by Crippen LogP contribution is 2.14. The summed E-state index contributed by atoms with van der Waals surface area (Å²) >= 11 is 0. The van der Waals surface area contributed by atoms with E-state index in [1.807, 2.05) is 6.08 Å². The van der Waals surface area contributed by atoms with Crippen LogP contribution in [-0.2, 0) is 4.79 Å². The Hall–Kier alpha value is -1.43. The number of unbranched alkanes of at least 4 members (excludes halogenated alkanes) is 24. The Morgan fingerprint density at radius 1 is 0.511 bits per heavy atom. The maximum atomic E-state index is 12.4. The number of amides is 1. The van der Waals surface area contributed by atoms with Gasteiger partial charge in [0, 0.05) is 0 Å². The van der Waals surface area contributed by atoms with Crippen molar-refractivity contribution in [3.05, 3.63) is 36.5 Å². The van der Waals surface area contributed by atoms with Crippen molar-refractivity contribution in [2.24, 2.45) is 0 Å². The molecule has 276 valence electrons. The van der Waals surface area contributed by atoms with E-state index in [1.165, 1.54) is 135 Å². The average molecular weight is 662 g/mol. The second-order valence-corrected chi connectivity index (χ2v) is 13.8. The number of hydrogen-bond donors (Lipinski definition) is 4. The minimum Gasteiger partial charge on any atom is -0.394 e. The molecule has 0 spiro atoms. The van der Waals surface area contributed by atoms with E-state index in [9.17, 15) is 20.1 Å². The molecule has 0 aliphatic heterocycles. The second kappa shape index (κ2) is 37.4. The van der Waals surface area contributed by atoms with Gasteiger partial charge in [-0.25, -0.2) is 0 Å². The Labute approximate surface area is 292 Å². The quantitative estimate of drug-likeness (QED) is 0.0397. The second-order valence-electron chi connectivity index (χ2n) is 13.8. The third kappa shape index (κ3) is 32.9. The number of allylic oxidation sites excluding steroid dienone is 5. The maximum absolute atomic E-state index is 12.4. The van der Waals surface area contributed by atoms with Crippen molar-refractivity contribution in [1.82, 2.24) is 5.32 Å². The van der Waals surface area contributed by atoms with Crippen LogP contribution in [0.3, 0.4) is 0 Å². The first-order chi connectivity index (χ1) is 23.1. The predicted octanol–water partition coefficient (Wildman–Crippen LogP) is 11.2. The molecule has 0 radical (unpaired) electrons. The smallest absolute Gasteiger partial charge is 0.249 e. The van der Waals surface area contributed by atoms with Crippen LogP contribution < -0.4 is 5.32 Å². The number of rotatable bonds is 36. The molecule has 1 amide bonds. The van der Waals surface area contributed by atoms with E-state index in [2.05, 4.69) is 43.5 Å². The molecule has 0 saturated carbocycles. The third-order valence-electron chi connectivity index (χ3n) is 9.21. The van der Waals surface area contributed by atoms with E-state index in [1.54, 1.807) is 6.08 Å². The van der Waals surface area contributed by atoms with Gasteiger partial charge in [-0.1, -0.05) is 192 Å². The van der Waals surface area contributed by atoms with Gasteiger partial charge in [0.05, 0.1) is 18.8 Å². The summed E-state index contributed by atoms with van der Waals surface area (Å²) in [6, 6.07) is -0.817. The van der Waals surface area contributed by atoms with Crippen LogP contribution in [0.1, 0.15) is 200 Å². The van der Waals surface area contributed by atoms with Crippen molar-refractivity contribution < 1.29 is 20.1 Å². The SMILES string of the molecule is CCCCCCCCCCCCC/C=C/CC/C=C/CC/C=C/C(O)C(CO)NC(=O)C(O)CCCCCCCCCCCCCC. The molecule has 0 aromatic rings. The van der Waals surface area contributed by atoms with Gasteiger partial charge < -0.3 is 20.6 Å². The molecule has 0 heterocycles. The Bertz CT molecular complexity index is 734. The molecule has 47 heavy (non-hydrogen) atoms. The molecule has 0 aromatic carbocycles. The fraction of sp³-hybridized carbons (Fsp3) is 0.833. The molecule has 0 saturated heterocycles. The first-order valence-electron chi connectivity index (χ1n) is 20.3. The lowest BCUT2D eigenvalue weighted by Gasteiger charge is -2.21. The zero-order valence-electron chi connectivity index (χ0n) is 31.2. The molecular formula is C42H79NO4. The topological polar surface area (TPSA) is 89.8 Å². The summed E-state index contributed by atoms with van der Waals surface area (Å²) < 4.78 is 0. The van der Waals surface area contributed by atoms with Crippen molar-refractivity contribution in [2.75, 3.05) is 6.61 Å². The first kappa shape index (κ1) is 45.6. The number of aliphatic hydroxyl groups is 3. The Kier molecular flexibility index (Phi) is 36.3. The average Bonchev–Trinajstić information content (AvgIpc) is 3.07. The van der Waals surface area contributed by atoms with Gasteiger partial charge in [0.25, 0.3) is 0 Å². The molecule has 0 fully saturated rings. The van der Waals surface area contributed by atoms with Crippen LogP contribution in [0.25, 0.3) is 0 Å². The van der Waals surface area contributed by atoms with Crippen molar-refractivity contribution >= 4 is 5.91 Å². The molecule has 3 unspecified atom stereocenters. The van der Waals surface area contributed by atoms with Crippen molar-refractivity contribution in [3.8, 4) is 0 Å². The van der Waals surface area contributed by atoms with Crippen molar-refractivity contribution in [2.45, 2.75) is 218 Å². The van der Waals surface area contributed by atoms with E-state index in [-0.39, 0.29) is 6.61 Å². The highest BCUT2D eigenvalue weighted by atomic mass is 16.3. The summed E-state index contributed by atoms with van der Waals surface area (Å²) in [4.78, 5) is 12.4. The van der Waals surface area contributed by atoms with Gasteiger partial charge in [-0.05, 0) is 44.9 Å². The zero-order chi connectivity index (χ0) is 34.5. The summed E-state index contributed by atoms with van der Waals surface area (Å²) in [6.45, 7) is 4.15. The predicted molar refractivity (Wildman–Crippen MR) is 204 cm³/mol. The van der Waals surface area contributed by atoms with Crippen LogP contribution >= 0.6 is 0 Å². The van der Waals surface area contributed by atoms with Crippen LogP contribution in [0.4, 0.5) is 0 Å². The molecule has 0 aromatic heterocycles. The van der Waals surface area contributed by atoms with Gasteiger partial charge in [0.1, 0.15) is 6.10 Å². The molecule has 0 aliphatic rings. The minimum atomic E-state index is -1.10. The lowest BCUT2D eigenvalue weighted by molar-refractivity contribution is -0.131. The fourth-order valence-electron chi connectivity index (χ4n) is 5.98. The van der Waals surface area contributed by atoms with E-state index in [0.29, 0.717) is 6.42 Å². The van der Waals surface area contributed by atoms with Gasteiger partial charge in [-0.15, -0.1) is 0 Å². The molecular weight excluding hydrogens is 582 g/mol. The van der Waals surface area contributed by atoms with Gasteiger partial charge in [-0.2, -0.15) is 0 Å². The van der Waals surface area contributed by atoms with Crippen molar-refractivity contribution in [1.29, 1.82) is 0 Å². The summed E-state index contributed by atoms with van der Waals surface area (Å²) in [5.74, 6) is -0.518. The minimum absolute atomic E-state index is 0.380. The first-order valence-corrected chi connectivity index (χ1v) is 20.3. The maximum Gasteiger partial charge on any atom is 0.249 e. The van der Waals surface area contributed by atoms with Crippen LogP contribution in [0, 0.1) is 0 Å². The van der Waals surface area contributed by atoms with Crippen LogP contribution in [0.15, 0.2) is 36.5 Å². The summed E-state index contributed by atoms with van der Waals surface area (Å²) in [7, 11) is 0. The Morgan fingerprint density at radius 2 is 0.872 bits per heavy atom. The molecule has 0 aliphatic carbocycles. The number of hydrogen-bond acceptors (Lipinski definition) is 4. The van der Waals surface area contributed by atoms with Crippen molar-refractivity contribution in [3.63, 3.8) is 0 Å². The van der Waals surface area contributed by atoms with Gasteiger partial charge in [-0.3, -0.25) is 4.79 Å². The van der Waals surface area contributed by atoms with Gasteiger partial charge in [0.15, 0.2) is 0 Å². The lowest BCUT2D eigenvalue weighted by Crippen LogP contribution is -2.48. The van der Waals surface area contributed by atoms with E-state index in [0.717, 1.165) is 44.9 Å². The summed E-state index contributed by atoms with van der Waals surface area (Å²) in [5, 5.41) is 33.0. The number of carbonyl (C=O) groups excluding carboxylic acids is 1. The lowest BCUT2D eigenvalue weighted by atomic mass is 10.0. The van der Waals surface area contributed by atoms with Crippen LogP contribution in [0.2, 0.25) is 0 Å². The van der Waals surface area contributed by atoms with Gasteiger partial charge in [0.2, 0.25) is 5.91 Å².